The van der Waals surface area contributed by atoms with E-state index in [1.54, 1.807) is 0 Å². The van der Waals surface area contributed by atoms with Crippen LogP contribution in [0.4, 0.5) is 0 Å². The number of nitrogens with zero attached hydrogens (tertiary/aromatic N) is 2. The maximum absolute atomic E-state index is 12.4. The molecule has 1 aliphatic heterocycles. The van der Waals surface area contributed by atoms with E-state index in [4.69, 9.17) is 0 Å². The third kappa shape index (κ3) is 3.28. The summed E-state index contributed by atoms with van der Waals surface area (Å²) >= 11 is 1.89. The Morgan fingerprint density at radius 2 is 1.96 bits per heavy atom. The third-order valence-electron chi connectivity index (χ3n) is 6.35. The molecule has 3 rings (SSSR count). The van der Waals surface area contributed by atoms with Gasteiger partial charge in [0, 0.05) is 24.4 Å². The lowest BCUT2D eigenvalue weighted by Gasteiger charge is -2.48. The van der Waals surface area contributed by atoms with Gasteiger partial charge < -0.3 is 4.90 Å². The summed E-state index contributed by atoms with van der Waals surface area (Å²) in [7, 11) is 4.45. The van der Waals surface area contributed by atoms with Crippen molar-refractivity contribution in [3.63, 3.8) is 0 Å². The first-order valence-corrected chi connectivity index (χ1v) is 10.2. The van der Waals surface area contributed by atoms with Gasteiger partial charge in [-0.2, -0.15) is 0 Å². The molecule has 4 heteroatoms. The van der Waals surface area contributed by atoms with E-state index in [2.05, 4.69) is 55.3 Å². The zero-order valence-electron chi connectivity index (χ0n) is 15.7. The van der Waals surface area contributed by atoms with Gasteiger partial charge >= 0.3 is 0 Å². The summed E-state index contributed by atoms with van der Waals surface area (Å²) in [5.74, 6) is 0.824. The highest BCUT2D eigenvalue weighted by Crippen LogP contribution is 2.52. The topological polar surface area (TPSA) is 23.6 Å². The first-order chi connectivity index (χ1) is 11.4. The minimum absolute atomic E-state index is 0.203. The quantitative estimate of drug-likeness (QED) is 0.808. The highest BCUT2D eigenvalue weighted by atomic mass is 32.1. The number of carbonyl (C=O) groups is 1. The molecule has 24 heavy (non-hydrogen) atoms. The van der Waals surface area contributed by atoms with Gasteiger partial charge in [0.05, 0.1) is 5.54 Å². The molecule has 134 valence electrons. The Hall–Kier alpha value is -0.870. The number of rotatable bonds is 4. The molecule has 0 radical (unpaired) electrons. The second kappa shape index (κ2) is 6.80. The molecular formula is C20H32N2OS. The summed E-state index contributed by atoms with van der Waals surface area (Å²) in [5, 5.41) is 2.20. The van der Waals surface area contributed by atoms with E-state index < -0.39 is 0 Å². The molecule has 0 N–H and O–H groups in total. The van der Waals surface area contributed by atoms with Crippen LogP contribution in [0.15, 0.2) is 17.5 Å². The summed E-state index contributed by atoms with van der Waals surface area (Å²) in [6.07, 6.45) is 6.82. The fraction of sp³-hybridized carbons (Fsp3) is 0.750. The molecule has 0 unspecified atom stereocenters. The maximum atomic E-state index is 12.4. The van der Waals surface area contributed by atoms with E-state index in [-0.39, 0.29) is 5.54 Å². The van der Waals surface area contributed by atoms with Crippen LogP contribution in [0, 0.1) is 11.3 Å². The second-order valence-corrected chi connectivity index (χ2v) is 9.51. The van der Waals surface area contributed by atoms with Gasteiger partial charge in [0.25, 0.3) is 0 Å². The van der Waals surface area contributed by atoms with Crippen molar-refractivity contribution in [2.24, 2.45) is 11.3 Å². The highest BCUT2D eigenvalue weighted by molar-refractivity contribution is 7.10. The number of hydrogen-bond donors (Lipinski definition) is 0. The van der Waals surface area contributed by atoms with Crippen molar-refractivity contribution in [1.82, 2.24) is 9.80 Å². The number of hydrogen-bond acceptors (Lipinski definition) is 3. The molecule has 1 aliphatic carbocycles. The number of thiophene rings is 1. The van der Waals surface area contributed by atoms with E-state index in [0.717, 1.165) is 13.1 Å². The summed E-state index contributed by atoms with van der Waals surface area (Å²) in [5.41, 5.74) is 0.582. The maximum Gasteiger partial charge on any atom is 0.222 e. The SMILES string of the molecule is CC(C)CC(=O)N1CCC2(CCC(c3cccs3)(N(C)C)CC2)C1. The minimum atomic E-state index is 0.203. The van der Waals surface area contributed by atoms with Gasteiger partial charge in [-0.25, -0.2) is 0 Å². The van der Waals surface area contributed by atoms with Crippen molar-refractivity contribution in [2.75, 3.05) is 27.2 Å². The Bertz CT molecular complexity index is 556. The monoisotopic (exact) mass is 348 g/mol. The van der Waals surface area contributed by atoms with Crippen LogP contribution in [-0.4, -0.2) is 42.9 Å². The highest BCUT2D eigenvalue weighted by Gasteiger charge is 2.48. The molecule has 2 fully saturated rings. The molecule has 1 saturated heterocycles. The fourth-order valence-corrected chi connectivity index (χ4v) is 5.75. The largest absolute Gasteiger partial charge is 0.342 e. The van der Waals surface area contributed by atoms with Gasteiger partial charge in [-0.05, 0) is 69.0 Å². The van der Waals surface area contributed by atoms with Gasteiger partial charge in [0.15, 0.2) is 0 Å². The minimum Gasteiger partial charge on any atom is -0.342 e. The van der Waals surface area contributed by atoms with Crippen molar-refractivity contribution in [3.8, 4) is 0 Å². The number of likely N-dealkylation sites (tertiary alicyclic amines) is 1. The van der Waals surface area contributed by atoms with Crippen molar-refractivity contribution < 1.29 is 4.79 Å². The molecule has 1 spiro atoms. The average molecular weight is 349 g/mol. The van der Waals surface area contributed by atoms with Crippen LogP contribution in [0.25, 0.3) is 0 Å². The van der Waals surface area contributed by atoms with E-state index in [0.29, 0.717) is 23.7 Å². The van der Waals surface area contributed by atoms with E-state index in [1.807, 2.05) is 11.3 Å². The molecular weight excluding hydrogens is 316 g/mol. The lowest BCUT2D eigenvalue weighted by atomic mass is 9.66. The molecule has 0 bridgehead atoms. The van der Waals surface area contributed by atoms with E-state index in [1.165, 1.54) is 37.0 Å². The molecule has 1 aromatic heterocycles. The Kier molecular flexibility index (Phi) is 5.08. The summed E-state index contributed by atoms with van der Waals surface area (Å²) in [6, 6.07) is 4.48. The normalized spacial score (nSPS) is 30.7. The summed E-state index contributed by atoms with van der Waals surface area (Å²) < 4.78 is 0. The standard InChI is InChI=1S/C20H32N2OS/c1-16(2)14-18(23)22-12-11-19(15-22)7-9-20(10-8-19,21(3)4)17-6-5-13-24-17/h5-6,13,16H,7-12,14-15H2,1-4H3. The Balaban J connectivity index is 1.67. The van der Waals surface area contributed by atoms with Gasteiger partial charge in [0.2, 0.25) is 5.91 Å². The van der Waals surface area contributed by atoms with Crippen LogP contribution in [-0.2, 0) is 10.3 Å². The van der Waals surface area contributed by atoms with E-state index >= 15 is 0 Å². The van der Waals surface area contributed by atoms with Gasteiger partial charge in [-0.3, -0.25) is 9.69 Å². The molecule has 2 heterocycles. The zero-order chi connectivity index (χ0) is 17.4. The molecule has 0 aromatic carbocycles. The average Bonchev–Trinajstić information content (AvgIpc) is 3.18. The Morgan fingerprint density at radius 1 is 1.25 bits per heavy atom. The van der Waals surface area contributed by atoms with Crippen LogP contribution in [0.2, 0.25) is 0 Å². The Morgan fingerprint density at radius 3 is 2.50 bits per heavy atom. The Labute approximate surface area is 151 Å². The first-order valence-electron chi connectivity index (χ1n) is 9.36. The zero-order valence-corrected chi connectivity index (χ0v) is 16.5. The van der Waals surface area contributed by atoms with Crippen molar-refractivity contribution in [1.29, 1.82) is 0 Å². The third-order valence-corrected chi connectivity index (χ3v) is 7.41. The van der Waals surface area contributed by atoms with Crippen molar-refractivity contribution >= 4 is 17.2 Å². The van der Waals surface area contributed by atoms with Crippen LogP contribution < -0.4 is 0 Å². The molecule has 0 atom stereocenters. The second-order valence-electron chi connectivity index (χ2n) is 8.57. The van der Waals surface area contributed by atoms with Gasteiger partial charge in [-0.15, -0.1) is 11.3 Å². The smallest absolute Gasteiger partial charge is 0.222 e. The van der Waals surface area contributed by atoms with Crippen molar-refractivity contribution in [2.45, 2.75) is 57.9 Å². The van der Waals surface area contributed by atoms with E-state index in [9.17, 15) is 4.79 Å². The first kappa shape index (κ1) is 17.9. The van der Waals surface area contributed by atoms with Crippen LogP contribution in [0.1, 0.15) is 57.2 Å². The van der Waals surface area contributed by atoms with Gasteiger partial charge in [0.1, 0.15) is 0 Å². The lowest BCUT2D eigenvalue weighted by Crippen LogP contribution is -2.47. The molecule has 1 amide bonds. The predicted octanol–water partition coefficient (Wildman–Crippen LogP) is 4.34. The summed E-state index contributed by atoms with van der Waals surface area (Å²) in [6.45, 7) is 6.24. The van der Waals surface area contributed by atoms with Crippen LogP contribution >= 0.6 is 11.3 Å². The molecule has 1 saturated carbocycles. The van der Waals surface area contributed by atoms with Crippen LogP contribution in [0.3, 0.4) is 0 Å². The van der Waals surface area contributed by atoms with Crippen LogP contribution in [0.5, 0.6) is 0 Å². The number of amides is 1. The van der Waals surface area contributed by atoms with Crippen molar-refractivity contribution in [3.05, 3.63) is 22.4 Å². The molecule has 3 nitrogen and oxygen atoms in total. The van der Waals surface area contributed by atoms with Gasteiger partial charge in [-0.1, -0.05) is 19.9 Å². The number of carbonyl (C=O) groups excluding carboxylic acids is 1. The summed E-state index contributed by atoms with van der Waals surface area (Å²) in [4.78, 5) is 18.5. The predicted molar refractivity (Wildman–Crippen MR) is 101 cm³/mol. The molecule has 1 aromatic rings. The fourth-order valence-electron chi connectivity index (χ4n) is 4.69. The molecule has 2 aliphatic rings. The lowest BCUT2D eigenvalue weighted by molar-refractivity contribution is -0.131.